The molecule has 3 N–H and O–H groups in total. The van der Waals surface area contributed by atoms with Gasteiger partial charge in [0.15, 0.2) is 0 Å². The summed E-state index contributed by atoms with van der Waals surface area (Å²) < 4.78 is 1.92. The zero-order chi connectivity index (χ0) is 19.4. The van der Waals surface area contributed by atoms with Gasteiger partial charge in [-0.25, -0.2) is 10.1 Å². The van der Waals surface area contributed by atoms with Crippen molar-refractivity contribution in [3.63, 3.8) is 0 Å². The third kappa shape index (κ3) is 4.78. The Morgan fingerprint density at radius 3 is 2.70 bits per heavy atom. The SMILES string of the molecule is Cc1nn(-c2ccccc2)cc1CCCNC(=O)C1NNC(C(C)C)C1Br. The molecule has 7 heteroatoms. The van der Waals surface area contributed by atoms with Gasteiger partial charge in [0.2, 0.25) is 5.91 Å². The van der Waals surface area contributed by atoms with Crippen molar-refractivity contribution in [3.8, 4) is 5.69 Å². The molecule has 3 unspecified atom stereocenters. The van der Waals surface area contributed by atoms with Crippen LogP contribution in [-0.4, -0.2) is 39.1 Å². The van der Waals surface area contributed by atoms with E-state index in [0.717, 1.165) is 24.2 Å². The maximum absolute atomic E-state index is 12.4. The van der Waals surface area contributed by atoms with Crippen LogP contribution in [0, 0.1) is 12.8 Å². The highest BCUT2D eigenvalue weighted by Gasteiger charge is 2.39. The maximum atomic E-state index is 12.4. The zero-order valence-corrected chi connectivity index (χ0v) is 17.7. The van der Waals surface area contributed by atoms with E-state index in [9.17, 15) is 4.79 Å². The second-order valence-electron chi connectivity index (χ2n) is 7.40. The van der Waals surface area contributed by atoms with Crippen LogP contribution in [0.5, 0.6) is 0 Å². The lowest BCUT2D eigenvalue weighted by atomic mass is 9.99. The highest BCUT2D eigenvalue weighted by atomic mass is 79.9. The number of nitrogens with one attached hydrogen (secondary N) is 3. The molecule has 1 aliphatic heterocycles. The first kappa shape index (κ1) is 20.0. The number of rotatable bonds is 7. The molecule has 1 amide bonds. The number of nitrogens with zero attached hydrogens (tertiary/aromatic N) is 2. The van der Waals surface area contributed by atoms with E-state index < -0.39 is 0 Å². The average Bonchev–Trinajstić information content (AvgIpc) is 3.22. The van der Waals surface area contributed by atoms with E-state index in [4.69, 9.17) is 0 Å². The van der Waals surface area contributed by atoms with Gasteiger partial charge in [-0.05, 0) is 43.4 Å². The Morgan fingerprint density at radius 2 is 2.04 bits per heavy atom. The second kappa shape index (κ2) is 8.99. The molecule has 1 fully saturated rings. The van der Waals surface area contributed by atoms with E-state index in [0.29, 0.717) is 12.5 Å². The van der Waals surface area contributed by atoms with Crippen LogP contribution in [0.15, 0.2) is 36.5 Å². The van der Waals surface area contributed by atoms with Crippen LogP contribution >= 0.6 is 15.9 Å². The number of aryl methyl sites for hydroxylation is 2. The summed E-state index contributed by atoms with van der Waals surface area (Å²) in [4.78, 5) is 12.5. The van der Waals surface area contributed by atoms with Crippen LogP contribution < -0.4 is 16.2 Å². The minimum atomic E-state index is -0.250. The van der Waals surface area contributed by atoms with Gasteiger partial charge < -0.3 is 5.32 Å². The van der Waals surface area contributed by atoms with E-state index in [1.54, 1.807) is 0 Å². The summed E-state index contributed by atoms with van der Waals surface area (Å²) in [5.74, 6) is 0.480. The number of amides is 1. The lowest BCUT2D eigenvalue weighted by Crippen LogP contribution is -2.46. The summed E-state index contributed by atoms with van der Waals surface area (Å²) in [5.41, 5.74) is 9.62. The predicted molar refractivity (Wildman–Crippen MR) is 111 cm³/mol. The summed E-state index contributed by atoms with van der Waals surface area (Å²) in [7, 11) is 0. The van der Waals surface area contributed by atoms with Crippen molar-refractivity contribution in [2.24, 2.45) is 5.92 Å². The van der Waals surface area contributed by atoms with Gasteiger partial charge in [-0.3, -0.25) is 10.2 Å². The number of carbonyl (C=O) groups is 1. The van der Waals surface area contributed by atoms with Crippen LogP contribution in [-0.2, 0) is 11.2 Å². The lowest BCUT2D eigenvalue weighted by molar-refractivity contribution is -0.122. The quantitative estimate of drug-likeness (QED) is 0.463. The van der Waals surface area contributed by atoms with Gasteiger partial charge in [0.25, 0.3) is 0 Å². The van der Waals surface area contributed by atoms with Gasteiger partial charge in [-0.1, -0.05) is 48.0 Å². The molecular formula is C20H28BrN5O. The third-order valence-electron chi connectivity index (χ3n) is 5.01. The Balaban J connectivity index is 1.47. The topological polar surface area (TPSA) is 71.0 Å². The number of alkyl halides is 1. The number of hydrogen-bond acceptors (Lipinski definition) is 4. The highest BCUT2D eigenvalue weighted by Crippen LogP contribution is 2.21. The molecule has 0 saturated carbocycles. The first-order chi connectivity index (χ1) is 13.0. The molecule has 1 aromatic carbocycles. The van der Waals surface area contributed by atoms with E-state index in [-0.39, 0.29) is 22.8 Å². The largest absolute Gasteiger partial charge is 0.355 e. The van der Waals surface area contributed by atoms with Crippen LogP contribution in [0.1, 0.15) is 31.5 Å². The van der Waals surface area contributed by atoms with Crippen LogP contribution in [0.4, 0.5) is 0 Å². The number of para-hydroxylation sites is 1. The molecule has 27 heavy (non-hydrogen) atoms. The molecule has 3 rings (SSSR count). The van der Waals surface area contributed by atoms with Crippen LogP contribution in [0.2, 0.25) is 0 Å². The maximum Gasteiger partial charge on any atom is 0.239 e. The molecule has 2 aromatic rings. The molecule has 0 spiro atoms. The van der Waals surface area contributed by atoms with E-state index in [2.05, 4.69) is 57.2 Å². The molecule has 0 radical (unpaired) electrons. The summed E-state index contributed by atoms with van der Waals surface area (Å²) in [6.07, 6.45) is 3.85. The minimum Gasteiger partial charge on any atom is -0.355 e. The fraction of sp³-hybridized carbons (Fsp3) is 0.500. The van der Waals surface area contributed by atoms with Gasteiger partial charge in [0.05, 0.1) is 16.2 Å². The van der Waals surface area contributed by atoms with Crippen molar-refractivity contribution in [1.29, 1.82) is 0 Å². The van der Waals surface area contributed by atoms with Crippen molar-refractivity contribution in [2.45, 2.75) is 50.5 Å². The molecular weight excluding hydrogens is 406 g/mol. The monoisotopic (exact) mass is 433 g/mol. The highest BCUT2D eigenvalue weighted by molar-refractivity contribution is 9.09. The van der Waals surface area contributed by atoms with Crippen molar-refractivity contribution in [2.75, 3.05) is 6.54 Å². The van der Waals surface area contributed by atoms with Crippen molar-refractivity contribution in [3.05, 3.63) is 47.8 Å². The second-order valence-corrected chi connectivity index (χ2v) is 8.45. The van der Waals surface area contributed by atoms with Crippen LogP contribution in [0.3, 0.4) is 0 Å². The predicted octanol–water partition coefficient (Wildman–Crippen LogP) is 2.49. The Kier molecular flexibility index (Phi) is 6.68. The zero-order valence-electron chi connectivity index (χ0n) is 16.1. The van der Waals surface area contributed by atoms with E-state index >= 15 is 0 Å². The fourth-order valence-corrected chi connectivity index (χ4v) is 4.47. The van der Waals surface area contributed by atoms with Gasteiger partial charge in [-0.2, -0.15) is 5.10 Å². The number of hydrogen-bond donors (Lipinski definition) is 3. The molecule has 6 nitrogen and oxygen atoms in total. The smallest absolute Gasteiger partial charge is 0.239 e. The molecule has 2 heterocycles. The number of hydrazine groups is 1. The molecule has 1 aromatic heterocycles. The van der Waals surface area contributed by atoms with Gasteiger partial charge in [-0.15, -0.1) is 0 Å². The minimum absolute atomic E-state index is 0.0317. The van der Waals surface area contributed by atoms with E-state index in [1.807, 2.05) is 41.9 Å². The number of halogens is 1. The third-order valence-corrected chi connectivity index (χ3v) is 6.11. The number of aromatic nitrogens is 2. The Morgan fingerprint density at radius 1 is 1.30 bits per heavy atom. The standard InChI is InChI=1S/C20H28BrN5O/c1-13(2)18-17(21)19(24-23-18)20(27)22-11-7-8-15-12-26(25-14(15)3)16-9-5-4-6-10-16/h4-6,9-10,12-13,17-19,23-24H,7-8,11H2,1-3H3,(H,22,27). The summed E-state index contributed by atoms with van der Waals surface area (Å²) in [5, 5.41) is 7.64. The van der Waals surface area contributed by atoms with Crippen molar-refractivity contribution in [1.82, 2.24) is 25.9 Å². The van der Waals surface area contributed by atoms with Gasteiger partial charge >= 0.3 is 0 Å². The molecule has 3 atom stereocenters. The molecule has 146 valence electrons. The normalized spacial score (nSPS) is 22.3. The summed E-state index contributed by atoms with van der Waals surface area (Å²) in [6, 6.07) is 10.1. The van der Waals surface area contributed by atoms with Crippen molar-refractivity contribution < 1.29 is 4.79 Å². The Labute approximate surface area is 169 Å². The first-order valence-electron chi connectivity index (χ1n) is 9.50. The lowest BCUT2D eigenvalue weighted by Gasteiger charge is -2.19. The number of benzene rings is 1. The fourth-order valence-electron chi connectivity index (χ4n) is 3.35. The molecule has 1 aliphatic rings. The summed E-state index contributed by atoms with van der Waals surface area (Å²) in [6.45, 7) is 6.97. The molecule has 1 saturated heterocycles. The van der Waals surface area contributed by atoms with Crippen LogP contribution in [0.25, 0.3) is 5.69 Å². The first-order valence-corrected chi connectivity index (χ1v) is 10.4. The number of carbonyl (C=O) groups excluding carboxylic acids is 1. The van der Waals surface area contributed by atoms with Gasteiger partial charge in [0.1, 0.15) is 6.04 Å². The van der Waals surface area contributed by atoms with E-state index in [1.165, 1.54) is 5.56 Å². The van der Waals surface area contributed by atoms with Gasteiger partial charge in [0, 0.05) is 18.8 Å². The summed E-state index contributed by atoms with van der Waals surface area (Å²) >= 11 is 3.66. The molecule has 0 aliphatic carbocycles. The Hall–Kier alpha value is -1.70. The molecule has 0 bridgehead atoms. The average molecular weight is 434 g/mol. The Bertz CT molecular complexity index is 761. The van der Waals surface area contributed by atoms with Crippen molar-refractivity contribution >= 4 is 21.8 Å².